The third-order valence-corrected chi connectivity index (χ3v) is 5.97. The molecule has 10 heteroatoms. The van der Waals surface area contributed by atoms with E-state index in [1.165, 1.54) is 12.1 Å². The standard InChI is InChI=1S/C28H43NO9/c1-8-11-19(6)35-28(33)36-20(7)16-34-27(32)22(29)14-21-12-13-23(37-25(30)17(4)9-2)24(15-21)38-26(31)18(5)10-3/h12-13,15,17-20,22H,8-11,14,16,29H2,1-7H3/t17?,18?,19?,20-,22-/m0/s1. The monoisotopic (exact) mass is 537 g/mol. The van der Waals surface area contributed by atoms with Gasteiger partial charge in [-0.25, -0.2) is 4.79 Å². The highest BCUT2D eigenvalue weighted by atomic mass is 16.7. The summed E-state index contributed by atoms with van der Waals surface area (Å²) < 4.78 is 26.4. The molecule has 0 fully saturated rings. The Balaban J connectivity index is 2.82. The average Bonchev–Trinajstić information content (AvgIpc) is 2.87. The maximum atomic E-state index is 12.4. The maximum absolute atomic E-state index is 12.4. The second-order valence-electron chi connectivity index (χ2n) is 9.58. The van der Waals surface area contributed by atoms with Gasteiger partial charge in [-0.1, -0.05) is 47.1 Å². The number of nitrogens with two attached hydrogens (primary N) is 1. The van der Waals surface area contributed by atoms with Crippen molar-refractivity contribution in [1.82, 2.24) is 0 Å². The Bertz CT molecular complexity index is 933. The fourth-order valence-electron chi connectivity index (χ4n) is 3.09. The molecular formula is C28H43NO9. The molecule has 1 rings (SSSR count). The largest absolute Gasteiger partial charge is 0.508 e. The Morgan fingerprint density at radius 3 is 1.89 bits per heavy atom. The summed E-state index contributed by atoms with van der Waals surface area (Å²) in [5, 5.41) is 0. The summed E-state index contributed by atoms with van der Waals surface area (Å²) in [5.74, 6) is -2.11. The summed E-state index contributed by atoms with van der Waals surface area (Å²) in [5.41, 5.74) is 6.61. The van der Waals surface area contributed by atoms with Crippen molar-refractivity contribution in [3.8, 4) is 11.5 Å². The van der Waals surface area contributed by atoms with Gasteiger partial charge in [-0.05, 0) is 57.2 Å². The highest BCUT2D eigenvalue weighted by Gasteiger charge is 2.23. The van der Waals surface area contributed by atoms with Gasteiger partial charge < -0.3 is 29.4 Å². The summed E-state index contributed by atoms with van der Waals surface area (Å²) in [6, 6.07) is 3.62. The molecule has 38 heavy (non-hydrogen) atoms. The third kappa shape index (κ3) is 11.5. The summed E-state index contributed by atoms with van der Waals surface area (Å²) in [4.78, 5) is 49.0. The van der Waals surface area contributed by atoms with Crippen LogP contribution in [0.25, 0.3) is 0 Å². The molecule has 5 atom stereocenters. The molecular weight excluding hydrogens is 494 g/mol. The van der Waals surface area contributed by atoms with Gasteiger partial charge in [0.25, 0.3) is 0 Å². The second-order valence-corrected chi connectivity index (χ2v) is 9.58. The lowest BCUT2D eigenvalue weighted by molar-refractivity contribution is -0.148. The first kappa shape index (κ1) is 32.9. The summed E-state index contributed by atoms with van der Waals surface area (Å²) in [6.45, 7) is 12.3. The fraction of sp³-hybridized carbons (Fsp3) is 0.643. The Hall–Kier alpha value is -3.14. The van der Waals surface area contributed by atoms with Crippen molar-refractivity contribution in [3.05, 3.63) is 23.8 Å². The van der Waals surface area contributed by atoms with E-state index in [0.29, 0.717) is 24.8 Å². The number of carbonyl (C=O) groups excluding carboxylic acids is 4. The van der Waals surface area contributed by atoms with Crippen molar-refractivity contribution in [2.75, 3.05) is 6.61 Å². The van der Waals surface area contributed by atoms with E-state index < -0.39 is 36.2 Å². The van der Waals surface area contributed by atoms with E-state index in [4.69, 9.17) is 29.4 Å². The van der Waals surface area contributed by atoms with Crippen LogP contribution in [0.3, 0.4) is 0 Å². The number of hydrogen-bond acceptors (Lipinski definition) is 10. The molecule has 0 spiro atoms. The van der Waals surface area contributed by atoms with Crippen molar-refractivity contribution in [2.24, 2.45) is 17.6 Å². The van der Waals surface area contributed by atoms with E-state index in [-0.39, 0.29) is 42.5 Å². The van der Waals surface area contributed by atoms with Crippen LogP contribution in [0.4, 0.5) is 4.79 Å². The number of benzene rings is 1. The van der Waals surface area contributed by atoms with Crippen LogP contribution >= 0.6 is 0 Å². The lowest BCUT2D eigenvalue weighted by Gasteiger charge is -2.18. The van der Waals surface area contributed by atoms with Crippen LogP contribution in [0.2, 0.25) is 0 Å². The molecule has 0 amide bonds. The molecule has 0 saturated carbocycles. The minimum absolute atomic E-state index is 0.0676. The number of ether oxygens (including phenoxy) is 5. The molecule has 0 aromatic heterocycles. The molecule has 214 valence electrons. The van der Waals surface area contributed by atoms with Gasteiger partial charge in [0.05, 0.1) is 11.8 Å². The van der Waals surface area contributed by atoms with Crippen LogP contribution in [0.15, 0.2) is 18.2 Å². The van der Waals surface area contributed by atoms with Gasteiger partial charge >= 0.3 is 24.1 Å². The Morgan fingerprint density at radius 1 is 0.789 bits per heavy atom. The molecule has 0 bridgehead atoms. The van der Waals surface area contributed by atoms with Crippen molar-refractivity contribution >= 4 is 24.1 Å². The Kier molecular flexibility index (Phi) is 14.4. The highest BCUT2D eigenvalue weighted by Crippen LogP contribution is 2.31. The predicted octanol–water partition coefficient (Wildman–Crippen LogP) is 4.73. The van der Waals surface area contributed by atoms with Gasteiger partial charge in [-0.2, -0.15) is 0 Å². The highest BCUT2D eigenvalue weighted by molar-refractivity contribution is 5.79. The second kappa shape index (κ2) is 16.7. The molecule has 1 aromatic carbocycles. The third-order valence-electron chi connectivity index (χ3n) is 5.97. The maximum Gasteiger partial charge on any atom is 0.508 e. The minimum Gasteiger partial charge on any atom is -0.461 e. The SMILES string of the molecule is CCCC(C)OC(=O)O[C@@H](C)COC(=O)[C@@H](N)Cc1ccc(OC(=O)C(C)CC)c(OC(=O)C(C)CC)c1. The van der Waals surface area contributed by atoms with Crippen LogP contribution in [0, 0.1) is 11.8 Å². The van der Waals surface area contributed by atoms with Gasteiger partial charge in [0.15, 0.2) is 11.5 Å². The number of carbonyl (C=O) groups is 4. The molecule has 3 unspecified atom stereocenters. The molecule has 2 N–H and O–H groups in total. The normalized spacial score (nSPS) is 14.8. The van der Waals surface area contributed by atoms with Crippen LogP contribution in [-0.4, -0.2) is 48.9 Å². The topological polar surface area (TPSA) is 140 Å². The van der Waals surface area contributed by atoms with E-state index in [2.05, 4.69) is 0 Å². The fourth-order valence-corrected chi connectivity index (χ4v) is 3.09. The Labute approximate surface area is 225 Å². The zero-order chi connectivity index (χ0) is 28.8. The lowest BCUT2D eigenvalue weighted by Crippen LogP contribution is -2.36. The van der Waals surface area contributed by atoms with Crippen LogP contribution in [-0.2, 0) is 35.0 Å². The number of esters is 3. The summed E-state index contributed by atoms with van der Waals surface area (Å²) >= 11 is 0. The molecule has 0 aliphatic rings. The summed E-state index contributed by atoms with van der Waals surface area (Å²) in [7, 11) is 0. The zero-order valence-corrected chi connectivity index (χ0v) is 23.6. The molecule has 0 aliphatic carbocycles. The van der Waals surface area contributed by atoms with Gasteiger partial charge in [-0.15, -0.1) is 0 Å². The van der Waals surface area contributed by atoms with Crippen molar-refractivity contribution in [2.45, 2.75) is 98.8 Å². The first-order valence-corrected chi connectivity index (χ1v) is 13.3. The van der Waals surface area contributed by atoms with Crippen LogP contribution in [0.5, 0.6) is 11.5 Å². The van der Waals surface area contributed by atoms with E-state index in [9.17, 15) is 19.2 Å². The first-order chi connectivity index (χ1) is 17.9. The summed E-state index contributed by atoms with van der Waals surface area (Å²) in [6.07, 6.45) is 1.01. The minimum atomic E-state index is -1.04. The van der Waals surface area contributed by atoms with Crippen molar-refractivity contribution < 1.29 is 42.9 Å². The molecule has 1 aromatic rings. The van der Waals surface area contributed by atoms with Gasteiger partial charge in [0.1, 0.15) is 24.9 Å². The molecule has 0 aliphatic heterocycles. The molecule has 10 nitrogen and oxygen atoms in total. The van der Waals surface area contributed by atoms with Gasteiger partial charge in [-0.3, -0.25) is 14.4 Å². The first-order valence-electron chi connectivity index (χ1n) is 13.3. The zero-order valence-electron chi connectivity index (χ0n) is 23.6. The van der Waals surface area contributed by atoms with Gasteiger partial charge in [0, 0.05) is 0 Å². The van der Waals surface area contributed by atoms with Crippen LogP contribution < -0.4 is 15.2 Å². The smallest absolute Gasteiger partial charge is 0.461 e. The van der Waals surface area contributed by atoms with E-state index in [0.717, 1.165) is 6.42 Å². The van der Waals surface area contributed by atoms with E-state index in [1.807, 2.05) is 20.8 Å². The average molecular weight is 538 g/mol. The van der Waals surface area contributed by atoms with E-state index >= 15 is 0 Å². The van der Waals surface area contributed by atoms with Crippen molar-refractivity contribution in [3.63, 3.8) is 0 Å². The Morgan fingerprint density at radius 2 is 1.34 bits per heavy atom. The van der Waals surface area contributed by atoms with Crippen LogP contribution in [0.1, 0.15) is 79.7 Å². The molecule has 0 saturated heterocycles. The van der Waals surface area contributed by atoms with E-state index in [1.54, 1.807) is 33.8 Å². The molecule has 0 heterocycles. The van der Waals surface area contributed by atoms with Gasteiger partial charge in [0.2, 0.25) is 0 Å². The molecule has 0 radical (unpaired) electrons. The predicted molar refractivity (Wildman–Crippen MR) is 141 cm³/mol. The number of hydrogen-bond donors (Lipinski definition) is 1. The lowest BCUT2D eigenvalue weighted by atomic mass is 10.1. The number of rotatable bonds is 15. The quantitative estimate of drug-likeness (QED) is 0.246. The van der Waals surface area contributed by atoms with Crippen molar-refractivity contribution in [1.29, 1.82) is 0 Å².